The number of pyridine rings is 1. The van der Waals surface area contributed by atoms with Crippen molar-refractivity contribution in [3.63, 3.8) is 0 Å². The molecule has 1 fully saturated rings. The van der Waals surface area contributed by atoms with Crippen LogP contribution in [0.25, 0.3) is 10.8 Å². The molecule has 0 saturated carbocycles. The van der Waals surface area contributed by atoms with E-state index in [1.54, 1.807) is 12.1 Å². The van der Waals surface area contributed by atoms with Crippen LogP contribution in [0.2, 0.25) is 0 Å². The Labute approximate surface area is 170 Å². The lowest BCUT2D eigenvalue weighted by Crippen LogP contribution is -2.39. The number of nitrogens with two attached hydrogens (primary N) is 1. The van der Waals surface area contributed by atoms with Gasteiger partial charge in [-0.15, -0.1) is 0 Å². The first-order valence-corrected chi connectivity index (χ1v) is 9.90. The molecule has 0 spiro atoms. The number of aromatic nitrogens is 1. The quantitative estimate of drug-likeness (QED) is 0.586. The van der Waals surface area contributed by atoms with Crippen molar-refractivity contribution in [3.8, 4) is 0 Å². The van der Waals surface area contributed by atoms with Gasteiger partial charge >= 0.3 is 7.12 Å². The van der Waals surface area contributed by atoms with Crippen LogP contribution in [-0.4, -0.2) is 46.0 Å². The van der Waals surface area contributed by atoms with E-state index in [1.807, 2.05) is 29.2 Å². The predicted octanol–water partition coefficient (Wildman–Crippen LogP) is 1.39. The third kappa shape index (κ3) is 3.89. The van der Waals surface area contributed by atoms with Crippen molar-refractivity contribution in [2.75, 3.05) is 13.1 Å². The van der Waals surface area contributed by atoms with E-state index < -0.39 is 7.12 Å². The van der Waals surface area contributed by atoms with Crippen molar-refractivity contribution in [2.45, 2.75) is 25.3 Å². The van der Waals surface area contributed by atoms with E-state index in [0.717, 1.165) is 23.8 Å². The number of hydrogen-bond acceptors (Lipinski definition) is 5. The van der Waals surface area contributed by atoms with Gasteiger partial charge in [-0.3, -0.25) is 9.78 Å². The molecule has 7 heteroatoms. The summed E-state index contributed by atoms with van der Waals surface area (Å²) in [5.41, 5.74) is 8.73. The Kier molecular flexibility index (Phi) is 5.62. The van der Waals surface area contributed by atoms with Crippen LogP contribution < -0.4 is 11.3 Å². The number of rotatable bonds is 4. The molecule has 1 aliphatic heterocycles. The van der Waals surface area contributed by atoms with Gasteiger partial charge in [0.15, 0.2) is 0 Å². The van der Waals surface area contributed by atoms with Crippen LogP contribution in [0.1, 0.15) is 40.2 Å². The highest BCUT2D eigenvalue weighted by Gasteiger charge is 2.27. The molecular weight excluding hydrogens is 365 g/mol. The Morgan fingerprint density at radius 1 is 1.14 bits per heavy atom. The van der Waals surface area contributed by atoms with E-state index in [4.69, 9.17) is 5.73 Å². The van der Waals surface area contributed by atoms with Gasteiger partial charge < -0.3 is 20.7 Å². The highest BCUT2D eigenvalue weighted by atomic mass is 16.4. The average molecular weight is 389 g/mol. The summed E-state index contributed by atoms with van der Waals surface area (Å²) in [5, 5.41) is 20.7. The number of carbonyl (C=O) groups excluding carboxylic acids is 1. The second-order valence-corrected chi connectivity index (χ2v) is 7.49. The lowest BCUT2D eigenvalue weighted by molar-refractivity contribution is 0.0715. The highest BCUT2D eigenvalue weighted by Crippen LogP contribution is 2.30. The van der Waals surface area contributed by atoms with Crippen LogP contribution in [0.15, 0.2) is 54.7 Å². The Morgan fingerprint density at radius 2 is 1.90 bits per heavy atom. The minimum absolute atomic E-state index is 0.0975. The maximum Gasteiger partial charge on any atom is 0.508 e. The van der Waals surface area contributed by atoms with Gasteiger partial charge in [-0.05, 0) is 47.4 Å². The summed E-state index contributed by atoms with van der Waals surface area (Å²) in [6.07, 6.45) is 3.29. The van der Waals surface area contributed by atoms with Crippen LogP contribution in [-0.2, 0) is 6.54 Å². The number of benzene rings is 2. The van der Waals surface area contributed by atoms with E-state index >= 15 is 0 Å². The average Bonchev–Trinajstić information content (AvgIpc) is 2.77. The first-order chi connectivity index (χ1) is 14.1. The minimum Gasteiger partial charge on any atom is -0.422 e. The molecule has 0 atom stereocenters. The molecule has 2 aromatic carbocycles. The van der Waals surface area contributed by atoms with Gasteiger partial charge in [-0.2, -0.15) is 0 Å². The van der Waals surface area contributed by atoms with Crippen molar-refractivity contribution in [1.82, 2.24) is 9.88 Å². The van der Waals surface area contributed by atoms with Gasteiger partial charge in [0.05, 0.1) is 5.59 Å². The molecular formula is C22H24BN3O3. The van der Waals surface area contributed by atoms with Crippen molar-refractivity contribution in [3.05, 3.63) is 71.4 Å². The summed E-state index contributed by atoms with van der Waals surface area (Å²) in [4.78, 5) is 19.2. The summed E-state index contributed by atoms with van der Waals surface area (Å²) in [5.74, 6) is 0.314. The molecule has 0 unspecified atom stereocenters. The molecule has 6 nitrogen and oxygen atoms in total. The third-order valence-corrected chi connectivity index (χ3v) is 5.74. The van der Waals surface area contributed by atoms with Gasteiger partial charge in [-0.1, -0.05) is 36.4 Å². The first-order valence-electron chi connectivity index (χ1n) is 9.90. The standard InChI is InChI=1S/C22H24BN3O3/c24-14-15-3-1-5-18(13-15)16-8-11-26(12-9-16)22(27)19-6-2-4-17-7-10-25-21(20(17)19)23(28)29/h1-7,10,13,16,28-29H,8-9,11-12,14,24H2. The number of likely N-dealkylation sites (tertiary alicyclic amines) is 1. The van der Waals surface area contributed by atoms with Gasteiger partial charge in [0.25, 0.3) is 5.91 Å². The zero-order valence-corrected chi connectivity index (χ0v) is 16.2. The maximum atomic E-state index is 13.3. The summed E-state index contributed by atoms with van der Waals surface area (Å²) in [6.45, 7) is 1.84. The smallest absolute Gasteiger partial charge is 0.422 e. The fourth-order valence-corrected chi connectivity index (χ4v) is 4.19. The highest BCUT2D eigenvalue weighted by molar-refractivity contribution is 6.61. The summed E-state index contributed by atoms with van der Waals surface area (Å²) in [7, 11) is -1.73. The molecule has 4 rings (SSSR count). The van der Waals surface area contributed by atoms with E-state index in [9.17, 15) is 14.8 Å². The minimum atomic E-state index is -1.73. The Bertz CT molecular complexity index is 1030. The van der Waals surface area contributed by atoms with Crippen LogP contribution in [0.5, 0.6) is 0 Å². The lowest BCUT2D eigenvalue weighted by atomic mass is 9.80. The molecule has 29 heavy (non-hydrogen) atoms. The van der Waals surface area contributed by atoms with Crippen LogP contribution in [0.4, 0.5) is 0 Å². The summed E-state index contributed by atoms with van der Waals surface area (Å²) >= 11 is 0. The normalized spacial score (nSPS) is 14.9. The van der Waals surface area contributed by atoms with Crippen LogP contribution in [0.3, 0.4) is 0 Å². The van der Waals surface area contributed by atoms with E-state index in [2.05, 4.69) is 17.1 Å². The zero-order valence-electron chi connectivity index (χ0n) is 16.2. The lowest BCUT2D eigenvalue weighted by Gasteiger charge is -2.32. The molecule has 1 saturated heterocycles. The maximum absolute atomic E-state index is 13.3. The molecule has 2 heterocycles. The van der Waals surface area contributed by atoms with Crippen molar-refractivity contribution in [2.24, 2.45) is 5.73 Å². The fourth-order valence-electron chi connectivity index (χ4n) is 4.19. The predicted molar refractivity (Wildman–Crippen MR) is 114 cm³/mol. The molecule has 0 radical (unpaired) electrons. The van der Waals surface area contributed by atoms with Crippen LogP contribution >= 0.6 is 0 Å². The summed E-state index contributed by atoms with van der Waals surface area (Å²) in [6, 6.07) is 15.5. The van der Waals surface area contributed by atoms with E-state index in [-0.39, 0.29) is 11.5 Å². The molecule has 0 aliphatic carbocycles. The number of hydrogen-bond donors (Lipinski definition) is 3. The van der Waals surface area contributed by atoms with Crippen molar-refractivity contribution >= 4 is 29.4 Å². The molecule has 0 bridgehead atoms. The number of piperidine rings is 1. The largest absolute Gasteiger partial charge is 0.508 e. The van der Waals surface area contributed by atoms with Gasteiger partial charge in [0.2, 0.25) is 0 Å². The molecule has 148 valence electrons. The van der Waals surface area contributed by atoms with Gasteiger partial charge in [0, 0.05) is 36.8 Å². The van der Waals surface area contributed by atoms with Crippen molar-refractivity contribution < 1.29 is 14.8 Å². The molecule has 1 aliphatic rings. The van der Waals surface area contributed by atoms with Gasteiger partial charge in [-0.25, -0.2) is 0 Å². The molecule has 1 aromatic heterocycles. The third-order valence-electron chi connectivity index (χ3n) is 5.74. The SMILES string of the molecule is NCc1cccc(C2CCN(C(=O)c3cccc4ccnc(B(O)O)c34)CC2)c1. The first kappa shape index (κ1) is 19.6. The zero-order chi connectivity index (χ0) is 20.4. The second kappa shape index (κ2) is 8.33. The number of amides is 1. The van der Waals surface area contributed by atoms with Crippen molar-refractivity contribution in [1.29, 1.82) is 0 Å². The second-order valence-electron chi connectivity index (χ2n) is 7.49. The molecule has 3 aromatic rings. The fraction of sp³-hybridized carbons (Fsp3) is 0.273. The van der Waals surface area contributed by atoms with Crippen LogP contribution in [0, 0.1) is 0 Å². The van der Waals surface area contributed by atoms with E-state index in [0.29, 0.717) is 36.5 Å². The number of carbonyl (C=O) groups is 1. The Balaban J connectivity index is 1.56. The molecule has 4 N–H and O–H groups in total. The number of nitrogens with zero attached hydrogens (tertiary/aromatic N) is 2. The summed E-state index contributed by atoms with van der Waals surface area (Å²) < 4.78 is 0. The number of fused-ring (bicyclic) bond motifs is 1. The molecule has 1 amide bonds. The van der Waals surface area contributed by atoms with Gasteiger partial charge in [0.1, 0.15) is 0 Å². The Hall–Kier alpha value is -2.74. The van der Waals surface area contributed by atoms with E-state index in [1.165, 1.54) is 11.8 Å². The topological polar surface area (TPSA) is 99.7 Å². The Morgan fingerprint density at radius 3 is 2.62 bits per heavy atom. The monoisotopic (exact) mass is 389 g/mol.